The Hall–Kier alpha value is -4.57. The van der Waals surface area contributed by atoms with E-state index in [2.05, 4.69) is 79.7 Å². The van der Waals surface area contributed by atoms with Gasteiger partial charge in [-0.15, -0.1) is 0 Å². The second kappa shape index (κ2) is 13.4. The molecule has 0 saturated heterocycles. The van der Waals surface area contributed by atoms with Crippen molar-refractivity contribution in [3.05, 3.63) is 155 Å². The van der Waals surface area contributed by atoms with Gasteiger partial charge in [-0.25, -0.2) is 0 Å². The molecule has 2 aliphatic rings. The summed E-state index contributed by atoms with van der Waals surface area (Å²) in [6.45, 7) is 13.7. The third kappa shape index (κ3) is 6.66. The SMILES string of the molecule is C.[B]/C(C=N)=C1\C=C(c2ccccc2O)C=C(CCc2ccc(CNC(=C)CC3C(=C)c4ccccc4C3=C)cc2)C1. The van der Waals surface area contributed by atoms with Crippen molar-refractivity contribution < 1.29 is 5.11 Å². The molecular formula is C38H39BN2O. The van der Waals surface area contributed by atoms with Gasteiger partial charge in [-0.2, -0.15) is 0 Å². The number of phenolic OH excluding ortho intramolecular Hbond substituents is 1. The standard InChI is InChI=1S/C37H35BN2O.CH4/c1-24(18-35-25(2)32-8-4-5-9-33(32)26(35)3)40-23-28-15-12-27(13-16-28)14-17-29-19-30(21-31(20-29)36(38)22-39)34-10-6-7-11-37(34)41;/h4-13,15-16,19,21-22,35,39-41H,1-3,14,17-18,20,23H2;1H4/b36-31-,39-22?;. The van der Waals surface area contributed by atoms with Gasteiger partial charge in [-0.1, -0.05) is 117 Å². The molecular weight excluding hydrogens is 511 g/mol. The van der Waals surface area contributed by atoms with Gasteiger partial charge >= 0.3 is 0 Å². The van der Waals surface area contributed by atoms with Crippen LogP contribution in [-0.2, 0) is 13.0 Å². The predicted molar refractivity (Wildman–Crippen MR) is 180 cm³/mol. The number of hydrogen-bond acceptors (Lipinski definition) is 3. The average Bonchev–Trinajstić information content (AvgIpc) is 3.24. The monoisotopic (exact) mass is 550 g/mol. The number of phenols is 1. The van der Waals surface area contributed by atoms with Crippen molar-refractivity contribution in [2.24, 2.45) is 5.92 Å². The first-order valence-corrected chi connectivity index (χ1v) is 14.0. The first-order valence-electron chi connectivity index (χ1n) is 14.0. The number of allylic oxidation sites excluding steroid dienone is 9. The van der Waals surface area contributed by atoms with Crippen LogP contribution < -0.4 is 5.32 Å². The summed E-state index contributed by atoms with van der Waals surface area (Å²) in [6, 6.07) is 24.4. The molecule has 0 heterocycles. The Morgan fingerprint density at radius 1 is 0.881 bits per heavy atom. The summed E-state index contributed by atoms with van der Waals surface area (Å²) >= 11 is 0. The quantitative estimate of drug-likeness (QED) is 0.175. The van der Waals surface area contributed by atoms with Gasteiger partial charge in [0.1, 0.15) is 13.6 Å². The van der Waals surface area contributed by atoms with E-state index in [0.717, 1.165) is 52.8 Å². The van der Waals surface area contributed by atoms with E-state index in [-0.39, 0.29) is 19.1 Å². The van der Waals surface area contributed by atoms with E-state index < -0.39 is 0 Å². The molecule has 0 atom stereocenters. The molecule has 2 aliphatic carbocycles. The number of nitrogens with one attached hydrogen (secondary N) is 2. The highest BCUT2D eigenvalue weighted by molar-refractivity contribution is 6.33. The van der Waals surface area contributed by atoms with Crippen molar-refractivity contribution >= 4 is 30.8 Å². The van der Waals surface area contributed by atoms with E-state index in [1.807, 2.05) is 24.3 Å². The molecule has 3 nitrogen and oxygen atoms in total. The molecule has 210 valence electrons. The lowest BCUT2D eigenvalue weighted by Gasteiger charge is -2.19. The fourth-order valence-corrected chi connectivity index (χ4v) is 5.66. The highest BCUT2D eigenvalue weighted by Gasteiger charge is 2.29. The van der Waals surface area contributed by atoms with Crippen molar-refractivity contribution in [1.82, 2.24) is 5.32 Å². The molecule has 0 fully saturated rings. The molecule has 0 amide bonds. The van der Waals surface area contributed by atoms with Crippen LogP contribution in [-0.4, -0.2) is 19.2 Å². The minimum absolute atomic E-state index is 0. The van der Waals surface area contributed by atoms with Gasteiger partial charge in [0.2, 0.25) is 0 Å². The number of hydrogen-bond donors (Lipinski definition) is 3. The first-order chi connectivity index (χ1) is 19.8. The van der Waals surface area contributed by atoms with Crippen molar-refractivity contribution in [2.75, 3.05) is 0 Å². The smallest absolute Gasteiger partial charge is 0.123 e. The maximum Gasteiger partial charge on any atom is 0.123 e. The minimum Gasteiger partial charge on any atom is -0.507 e. The molecule has 4 heteroatoms. The van der Waals surface area contributed by atoms with Crippen molar-refractivity contribution in [1.29, 1.82) is 5.41 Å². The van der Waals surface area contributed by atoms with Crippen molar-refractivity contribution in [3.8, 4) is 5.75 Å². The first kappa shape index (κ1) is 30.4. The van der Waals surface area contributed by atoms with Crippen LogP contribution in [0.25, 0.3) is 16.7 Å². The molecule has 3 aromatic rings. The van der Waals surface area contributed by atoms with E-state index in [4.69, 9.17) is 13.3 Å². The van der Waals surface area contributed by atoms with Crippen LogP contribution in [0.15, 0.2) is 127 Å². The van der Waals surface area contributed by atoms with Crippen LogP contribution in [0.3, 0.4) is 0 Å². The Balaban J connectivity index is 0.00000405. The zero-order chi connectivity index (χ0) is 28.9. The number of aromatic hydroxyl groups is 1. The molecule has 5 rings (SSSR count). The maximum atomic E-state index is 10.4. The van der Waals surface area contributed by atoms with Crippen LogP contribution in [0.4, 0.5) is 0 Å². The fraction of sp³-hybridized carbons (Fsp3) is 0.184. The Kier molecular flexibility index (Phi) is 9.70. The summed E-state index contributed by atoms with van der Waals surface area (Å²) in [6.07, 6.45) is 8.56. The Bertz CT molecular complexity index is 1590. The second-order valence-corrected chi connectivity index (χ2v) is 10.8. The zero-order valence-electron chi connectivity index (χ0n) is 23.4. The van der Waals surface area contributed by atoms with Crippen molar-refractivity contribution in [3.63, 3.8) is 0 Å². The maximum absolute atomic E-state index is 10.4. The van der Waals surface area contributed by atoms with Crippen LogP contribution in [0.1, 0.15) is 54.5 Å². The lowest BCUT2D eigenvalue weighted by Crippen LogP contribution is -2.14. The van der Waals surface area contributed by atoms with Gasteiger partial charge in [0.05, 0.1) is 0 Å². The summed E-state index contributed by atoms with van der Waals surface area (Å²) in [4.78, 5) is 0. The molecule has 0 saturated carbocycles. The lowest BCUT2D eigenvalue weighted by molar-refractivity contribution is 0.473. The van der Waals surface area contributed by atoms with E-state index in [0.29, 0.717) is 18.4 Å². The average molecular weight is 551 g/mol. The van der Waals surface area contributed by atoms with Gasteiger partial charge in [0.25, 0.3) is 0 Å². The zero-order valence-corrected chi connectivity index (χ0v) is 23.4. The predicted octanol–water partition coefficient (Wildman–Crippen LogP) is 8.80. The highest BCUT2D eigenvalue weighted by atomic mass is 16.3. The van der Waals surface area contributed by atoms with Gasteiger partial charge in [0, 0.05) is 29.9 Å². The summed E-state index contributed by atoms with van der Waals surface area (Å²) in [5, 5.41) is 21.5. The highest BCUT2D eigenvalue weighted by Crippen LogP contribution is 2.45. The van der Waals surface area contributed by atoms with Crippen LogP contribution in [0.5, 0.6) is 5.75 Å². The van der Waals surface area contributed by atoms with Gasteiger partial charge < -0.3 is 15.8 Å². The number of benzene rings is 3. The topological polar surface area (TPSA) is 56.1 Å². The molecule has 3 N–H and O–H groups in total. The van der Waals surface area contributed by atoms with Gasteiger partial charge in [-0.05, 0) is 76.3 Å². The Morgan fingerprint density at radius 3 is 2.10 bits per heavy atom. The van der Waals surface area contributed by atoms with E-state index in [1.54, 1.807) is 6.07 Å². The van der Waals surface area contributed by atoms with E-state index in [9.17, 15) is 5.11 Å². The molecule has 0 aliphatic heterocycles. The number of para-hydroxylation sites is 1. The second-order valence-electron chi connectivity index (χ2n) is 10.8. The minimum atomic E-state index is 0. The largest absolute Gasteiger partial charge is 0.507 e. The normalized spacial score (nSPS) is 15.7. The lowest BCUT2D eigenvalue weighted by atomic mass is 9.81. The van der Waals surface area contributed by atoms with Crippen LogP contribution in [0, 0.1) is 11.3 Å². The number of aryl methyl sites for hydroxylation is 1. The summed E-state index contributed by atoms with van der Waals surface area (Å²) in [7, 11) is 6.12. The van der Waals surface area contributed by atoms with Gasteiger partial charge in [0.15, 0.2) is 0 Å². The van der Waals surface area contributed by atoms with Crippen LogP contribution in [0.2, 0.25) is 0 Å². The number of fused-ring (bicyclic) bond motifs is 1. The van der Waals surface area contributed by atoms with Gasteiger partial charge in [-0.3, -0.25) is 0 Å². The van der Waals surface area contributed by atoms with Crippen molar-refractivity contribution in [2.45, 2.75) is 39.7 Å². The fourth-order valence-electron chi connectivity index (χ4n) is 5.66. The third-order valence-electron chi connectivity index (χ3n) is 8.06. The van der Waals surface area contributed by atoms with E-state index in [1.165, 1.54) is 34.0 Å². The van der Waals surface area contributed by atoms with Crippen LogP contribution >= 0.6 is 0 Å². The molecule has 3 aromatic carbocycles. The summed E-state index contributed by atoms with van der Waals surface area (Å²) in [5.41, 5.74) is 12.4. The molecule has 0 aromatic heterocycles. The molecule has 0 spiro atoms. The van der Waals surface area contributed by atoms with E-state index >= 15 is 0 Å². The molecule has 42 heavy (non-hydrogen) atoms. The Morgan fingerprint density at radius 2 is 1.48 bits per heavy atom. The number of rotatable bonds is 10. The molecule has 0 bridgehead atoms. The third-order valence-corrected chi connectivity index (χ3v) is 8.06. The Labute approximate surface area is 252 Å². The summed E-state index contributed by atoms with van der Waals surface area (Å²) in [5.74, 6) is 0.425. The summed E-state index contributed by atoms with van der Waals surface area (Å²) < 4.78 is 0. The molecule has 2 radical (unpaired) electrons. The molecule has 0 unspecified atom stereocenters.